The molecule has 2 aromatic heterocycles. The van der Waals surface area contributed by atoms with E-state index in [1.807, 2.05) is 6.92 Å². The van der Waals surface area contributed by atoms with Crippen LogP contribution in [0.5, 0.6) is 5.75 Å². The lowest BCUT2D eigenvalue weighted by molar-refractivity contribution is -0.127. The fraction of sp³-hybridized carbons (Fsp3) is 0.316. The first-order chi connectivity index (χ1) is 14.8. The molecule has 1 aromatic carbocycles. The Labute approximate surface area is 187 Å². The summed E-state index contributed by atoms with van der Waals surface area (Å²) in [5.41, 5.74) is 0.828. The molecule has 0 aliphatic rings. The standard InChI is InChI=1S/C19H20Cl2N6O4/c1-11-7-13(20)3-4-15(11)30-12(2)17(28)22-5-6-23-18(29)19-25-16(26-31-19)10-27-9-14(21)8-24-27/h3-4,7-9,12H,5-6,10H2,1-2H3,(H,22,28)(H,23,29)/t12-/m0/s1. The zero-order chi connectivity index (χ0) is 22.4. The van der Waals surface area contributed by atoms with Crippen LogP contribution < -0.4 is 15.4 Å². The maximum atomic E-state index is 12.2. The Kier molecular flexibility index (Phi) is 7.48. The molecule has 1 atom stereocenters. The van der Waals surface area contributed by atoms with Crippen molar-refractivity contribution in [1.82, 2.24) is 30.6 Å². The van der Waals surface area contributed by atoms with E-state index in [0.29, 0.717) is 15.8 Å². The van der Waals surface area contributed by atoms with Crippen LogP contribution in [0, 0.1) is 6.92 Å². The van der Waals surface area contributed by atoms with Gasteiger partial charge in [0.2, 0.25) is 0 Å². The number of nitrogens with one attached hydrogen (secondary N) is 2. The van der Waals surface area contributed by atoms with E-state index in [2.05, 4.69) is 25.9 Å². The number of aromatic nitrogens is 4. The molecule has 3 aromatic rings. The summed E-state index contributed by atoms with van der Waals surface area (Å²) in [6, 6.07) is 5.16. The third kappa shape index (κ3) is 6.43. The van der Waals surface area contributed by atoms with E-state index in [1.165, 1.54) is 10.9 Å². The molecule has 10 nitrogen and oxygen atoms in total. The number of hydrogen-bond donors (Lipinski definition) is 2. The Morgan fingerprint density at radius 1 is 1.23 bits per heavy atom. The van der Waals surface area contributed by atoms with Gasteiger partial charge in [0.25, 0.3) is 5.91 Å². The molecule has 3 rings (SSSR count). The smallest absolute Gasteiger partial charge is 0.316 e. The number of rotatable bonds is 9. The molecule has 2 heterocycles. The number of aryl methyl sites for hydroxylation is 1. The van der Waals surface area contributed by atoms with E-state index >= 15 is 0 Å². The number of benzene rings is 1. The Morgan fingerprint density at radius 3 is 2.71 bits per heavy atom. The van der Waals surface area contributed by atoms with Crippen molar-refractivity contribution in [2.24, 2.45) is 0 Å². The van der Waals surface area contributed by atoms with Gasteiger partial charge in [0, 0.05) is 24.3 Å². The Morgan fingerprint density at radius 2 is 2.00 bits per heavy atom. The van der Waals surface area contributed by atoms with Crippen LogP contribution in [0.3, 0.4) is 0 Å². The molecule has 0 saturated heterocycles. The van der Waals surface area contributed by atoms with E-state index in [-0.39, 0.29) is 37.3 Å². The van der Waals surface area contributed by atoms with Crippen molar-refractivity contribution >= 4 is 35.0 Å². The predicted octanol–water partition coefficient (Wildman–Crippen LogP) is 2.24. The second-order valence-corrected chi connectivity index (χ2v) is 7.46. The zero-order valence-corrected chi connectivity index (χ0v) is 18.3. The normalized spacial score (nSPS) is 11.7. The first-order valence-corrected chi connectivity index (χ1v) is 10.1. The molecule has 0 saturated carbocycles. The van der Waals surface area contributed by atoms with Crippen molar-refractivity contribution in [3.63, 3.8) is 0 Å². The van der Waals surface area contributed by atoms with E-state index in [9.17, 15) is 9.59 Å². The molecule has 0 aliphatic heterocycles. The van der Waals surface area contributed by atoms with Crippen molar-refractivity contribution in [2.45, 2.75) is 26.5 Å². The average Bonchev–Trinajstić information content (AvgIpc) is 3.36. The molecular formula is C19H20Cl2N6O4. The molecule has 0 aliphatic carbocycles. The number of ether oxygens (including phenoxy) is 1. The van der Waals surface area contributed by atoms with Crippen LogP contribution >= 0.6 is 23.2 Å². The molecule has 0 spiro atoms. The predicted molar refractivity (Wildman–Crippen MR) is 112 cm³/mol. The van der Waals surface area contributed by atoms with E-state index in [4.69, 9.17) is 32.5 Å². The van der Waals surface area contributed by atoms with Gasteiger partial charge in [-0.05, 0) is 37.6 Å². The van der Waals surface area contributed by atoms with Crippen LogP contribution in [0.1, 0.15) is 29.0 Å². The quantitative estimate of drug-likeness (QED) is 0.463. The third-order valence-corrected chi connectivity index (χ3v) is 4.52. The monoisotopic (exact) mass is 466 g/mol. The van der Waals surface area contributed by atoms with Gasteiger partial charge < -0.3 is 19.9 Å². The van der Waals surface area contributed by atoms with Crippen molar-refractivity contribution < 1.29 is 18.8 Å². The molecule has 164 valence electrons. The number of halogens is 2. The zero-order valence-electron chi connectivity index (χ0n) is 16.8. The van der Waals surface area contributed by atoms with Gasteiger partial charge in [0.1, 0.15) is 12.3 Å². The van der Waals surface area contributed by atoms with Gasteiger partial charge in [-0.15, -0.1) is 0 Å². The largest absolute Gasteiger partial charge is 0.481 e. The maximum Gasteiger partial charge on any atom is 0.316 e. The van der Waals surface area contributed by atoms with Gasteiger partial charge in [-0.2, -0.15) is 10.1 Å². The number of carbonyl (C=O) groups excluding carboxylic acids is 2. The van der Waals surface area contributed by atoms with Crippen molar-refractivity contribution in [2.75, 3.05) is 13.1 Å². The lowest BCUT2D eigenvalue weighted by Crippen LogP contribution is -2.40. The van der Waals surface area contributed by atoms with Crippen LogP contribution in [0.15, 0.2) is 35.1 Å². The summed E-state index contributed by atoms with van der Waals surface area (Å²) in [4.78, 5) is 28.3. The fourth-order valence-electron chi connectivity index (χ4n) is 2.55. The fourth-order valence-corrected chi connectivity index (χ4v) is 2.93. The summed E-state index contributed by atoms with van der Waals surface area (Å²) in [6.07, 6.45) is 2.36. The van der Waals surface area contributed by atoms with Crippen molar-refractivity contribution in [1.29, 1.82) is 0 Å². The summed E-state index contributed by atoms with van der Waals surface area (Å²) in [5.74, 6) is -0.199. The number of nitrogens with zero attached hydrogens (tertiary/aromatic N) is 4. The summed E-state index contributed by atoms with van der Waals surface area (Å²) in [6.45, 7) is 4.06. The minimum absolute atomic E-state index is 0.170. The van der Waals surface area contributed by atoms with Crippen LogP contribution in [0.2, 0.25) is 10.0 Å². The van der Waals surface area contributed by atoms with Gasteiger partial charge in [-0.1, -0.05) is 28.4 Å². The summed E-state index contributed by atoms with van der Waals surface area (Å²) < 4.78 is 12.1. The van der Waals surface area contributed by atoms with Gasteiger partial charge >= 0.3 is 11.8 Å². The average molecular weight is 467 g/mol. The number of carbonyl (C=O) groups is 2. The number of hydrogen-bond acceptors (Lipinski definition) is 7. The van der Waals surface area contributed by atoms with Crippen molar-refractivity contribution in [3.8, 4) is 5.75 Å². The SMILES string of the molecule is Cc1cc(Cl)ccc1O[C@@H](C)C(=O)NCCNC(=O)c1nc(Cn2cc(Cl)cn2)no1. The van der Waals surface area contributed by atoms with Crippen molar-refractivity contribution in [3.05, 3.63) is 57.9 Å². The first-order valence-electron chi connectivity index (χ1n) is 9.31. The molecular weight excluding hydrogens is 447 g/mol. The first kappa shape index (κ1) is 22.6. The van der Waals surface area contributed by atoms with Crippen LogP contribution in [-0.2, 0) is 11.3 Å². The second-order valence-electron chi connectivity index (χ2n) is 6.59. The van der Waals surface area contributed by atoms with Gasteiger partial charge in [-0.25, -0.2) is 0 Å². The molecule has 31 heavy (non-hydrogen) atoms. The van der Waals surface area contributed by atoms with E-state index < -0.39 is 12.0 Å². The lowest BCUT2D eigenvalue weighted by Gasteiger charge is -2.16. The molecule has 12 heteroatoms. The Bertz CT molecular complexity index is 1070. The number of amides is 2. The minimum Gasteiger partial charge on any atom is -0.481 e. The molecule has 2 amide bonds. The summed E-state index contributed by atoms with van der Waals surface area (Å²) >= 11 is 11.7. The maximum absolute atomic E-state index is 12.2. The van der Waals surface area contributed by atoms with E-state index in [0.717, 1.165) is 5.56 Å². The molecule has 0 unspecified atom stereocenters. The van der Waals surface area contributed by atoms with Gasteiger partial charge in [0.05, 0.1) is 11.2 Å². The molecule has 0 fully saturated rings. The Hall–Kier alpha value is -3.11. The van der Waals surface area contributed by atoms with Crippen LogP contribution in [-0.4, -0.2) is 50.9 Å². The molecule has 2 N–H and O–H groups in total. The third-order valence-electron chi connectivity index (χ3n) is 4.09. The highest BCUT2D eigenvalue weighted by Gasteiger charge is 2.17. The van der Waals surface area contributed by atoms with Gasteiger partial charge in [-0.3, -0.25) is 14.3 Å². The van der Waals surface area contributed by atoms with E-state index in [1.54, 1.807) is 31.3 Å². The van der Waals surface area contributed by atoms with Crippen LogP contribution in [0.25, 0.3) is 0 Å². The highest BCUT2D eigenvalue weighted by molar-refractivity contribution is 6.30. The minimum atomic E-state index is -0.718. The molecule has 0 bridgehead atoms. The van der Waals surface area contributed by atoms with Gasteiger partial charge in [0.15, 0.2) is 11.9 Å². The topological polar surface area (TPSA) is 124 Å². The highest BCUT2D eigenvalue weighted by Crippen LogP contribution is 2.22. The highest BCUT2D eigenvalue weighted by atomic mass is 35.5. The second kappa shape index (κ2) is 10.3. The Balaban J connectivity index is 1.39. The lowest BCUT2D eigenvalue weighted by atomic mass is 10.2. The molecule has 0 radical (unpaired) electrons. The van der Waals surface area contributed by atoms with Crippen LogP contribution in [0.4, 0.5) is 0 Å². The summed E-state index contributed by atoms with van der Waals surface area (Å²) in [7, 11) is 0. The summed E-state index contributed by atoms with van der Waals surface area (Å²) in [5, 5.41) is 14.1.